The fraction of sp³-hybridized carbons (Fsp3) is 0.150. The molecule has 0 aliphatic heterocycles. The number of imidazole rings is 1. The lowest BCUT2D eigenvalue weighted by Gasteiger charge is -2.08. The van der Waals surface area contributed by atoms with Crippen molar-refractivity contribution >= 4 is 27.3 Å². The largest absolute Gasteiger partial charge is 0.453 e. The van der Waals surface area contributed by atoms with Crippen LogP contribution < -0.4 is 5.32 Å². The molecule has 1 N–H and O–H groups in total. The number of carbonyl (C=O) groups excluding carboxylic acids is 1. The molecule has 31 heavy (non-hydrogen) atoms. The van der Waals surface area contributed by atoms with Gasteiger partial charge in [0.05, 0.1) is 24.2 Å². The van der Waals surface area contributed by atoms with E-state index in [9.17, 15) is 13.2 Å². The Morgan fingerprint density at radius 3 is 2.58 bits per heavy atom. The zero-order chi connectivity index (χ0) is 22.2. The van der Waals surface area contributed by atoms with Gasteiger partial charge in [-0.05, 0) is 37.3 Å². The van der Waals surface area contributed by atoms with E-state index in [1.54, 1.807) is 28.8 Å². The van der Waals surface area contributed by atoms with Crippen molar-refractivity contribution in [1.29, 1.82) is 0 Å². The number of rotatable bonds is 4. The van der Waals surface area contributed by atoms with Crippen LogP contribution in [0.3, 0.4) is 0 Å². The molecule has 10 nitrogen and oxygen atoms in total. The van der Waals surface area contributed by atoms with Crippen LogP contribution in [-0.4, -0.2) is 52.2 Å². The summed E-state index contributed by atoms with van der Waals surface area (Å²) in [5.74, 6) is 0. The smallest absolute Gasteiger partial charge is 0.411 e. The summed E-state index contributed by atoms with van der Waals surface area (Å²) in [6, 6.07) is 10.5. The second-order valence-electron chi connectivity index (χ2n) is 6.73. The first kappa shape index (κ1) is 20.4. The van der Waals surface area contributed by atoms with Crippen LogP contribution in [-0.2, 0) is 14.6 Å². The number of nitrogens with zero attached hydrogens (tertiary/aromatic N) is 5. The lowest BCUT2D eigenvalue weighted by molar-refractivity contribution is 0.187. The van der Waals surface area contributed by atoms with Crippen LogP contribution in [0.4, 0.5) is 10.5 Å². The molecule has 158 valence electrons. The van der Waals surface area contributed by atoms with Crippen molar-refractivity contribution in [3.05, 3.63) is 54.5 Å². The third kappa shape index (κ3) is 4.08. The van der Waals surface area contributed by atoms with Crippen molar-refractivity contribution in [2.45, 2.75) is 12.1 Å². The Bertz CT molecular complexity index is 1410. The summed E-state index contributed by atoms with van der Waals surface area (Å²) < 4.78 is 30.4. The lowest BCUT2D eigenvalue weighted by atomic mass is 10.1. The van der Waals surface area contributed by atoms with Gasteiger partial charge in [0.1, 0.15) is 17.0 Å². The van der Waals surface area contributed by atoms with Gasteiger partial charge < -0.3 is 4.74 Å². The van der Waals surface area contributed by atoms with Crippen molar-refractivity contribution in [1.82, 2.24) is 24.3 Å². The minimum Gasteiger partial charge on any atom is -0.453 e. The van der Waals surface area contributed by atoms with E-state index in [2.05, 4.69) is 30.0 Å². The molecule has 0 atom stereocenters. The average molecular weight is 438 g/mol. The normalized spacial score (nSPS) is 11.5. The molecule has 1 amide bonds. The number of sulfone groups is 1. The Hall–Kier alpha value is -3.86. The highest BCUT2D eigenvalue weighted by Gasteiger charge is 2.21. The first-order valence-corrected chi connectivity index (χ1v) is 11.0. The minimum absolute atomic E-state index is 0.299. The van der Waals surface area contributed by atoms with Gasteiger partial charge in [-0.2, -0.15) is 0 Å². The molecular formula is C20H18N6O4S. The molecular weight excluding hydrogens is 420 g/mol. The molecule has 4 rings (SSSR count). The number of anilines is 1. The highest BCUT2D eigenvalue weighted by atomic mass is 32.2. The van der Waals surface area contributed by atoms with Crippen molar-refractivity contribution in [3.8, 4) is 22.8 Å². The summed E-state index contributed by atoms with van der Waals surface area (Å²) in [6.07, 6.45) is 3.45. The van der Waals surface area contributed by atoms with E-state index in [1.807, 2.05) is 25.1 Å². The maximum Gasteiger partial charge on any atom is 0.411 e. The fourth-order valence-corrected chi connectivity index (χ4v) is 3.55. The van der Waals surface area contributed by atoms with Crippen LogP contribution in [0, 0.1) is 6.92 Å². The van der Waals surface area contributed by atoms with Crippen LogP contribution in [0.5, 0.6) is 0 Å². The third-order valence-corrected chi connectivity index (χ3v) is 5.25. The van der Waals surface area contributed by atoms with E-state index < -0.39 is 15.9 Å². The number of ether oxygens (including phenoxy) is 1. The number of hydrogen-bond acceptors (Lipinski definition) is 8. The number of aryl methyl sites for hydroxylation is 1. The van der Waals surface area contributed by atoms with E-state index in [0.29, 0.717) is 34.1 Å². The highest BCUT2D eigenvalue weighted by molar-refractivity contribution is 7.90. The molecule has 0 spiro atoms. The van der Waals surface area contributed by atoms with Gasteiger partial charge in [0.25, 0.3) is 0 Å². The summed E-state index contributed by atoms with van der Waals surface area (Å²) in [5.41, 5.74) is 3.78. The standard InChI is InChI=1S/C20H18N6O4S/c1-12-5-4-6-14(22-12)17-18(15-9-10-21-19(24-15)31(3,28)29)26-11-13(23-20(27)30-2)7-8-16(26)25-17/h4-11H,1-3H3,(H,23,27). The maximum absolute atomic E-state index is 12.0. The SMILES string of the molecule is COC(=O)Nc1ccc2nc(-c3cccc(C)n3)c(-c3ccnc(S(C)(=O)=O)n3)n2c1. The average Bonchev–Trinajstić information content (AvgIpc) is 3.12. The number of carbonyl (C=O) groups is 1. The second-order valence-corrected chi connectivity index (χ2v) is 8.64. The van der Waals surface area contributed by atoms with Gasteiger partial charge in [-0.25, -0.2) is 28.2 Å². The van der Waals surface area contributed by atoms with Gasteiger partial charge >= 0.3 is 6.09 Å². The Morgan fingerprint density at radius 2 is 1.87 bits per heavy atom. The molecule has 0 bridgehead atoms. The molecule has 0 fully saturated rings. The van der Waals surface area contributed by atoms with Gasteiger partial charge in [0.15, 0.2) is 0 Å². The molecule has 0 unspecified atom stereocenters. The molecule has 4 aromatic rings. The summed E-state index contributed by atoms with van der Waals surface area (Å²) in [6.45, 7) is 1.86. The van der Waals surface area contributed by atoms with Crippen molar-refractivity contribution < 1.29 is 17.9 Å². The fourth-order valence-electron chi connectivity index (χ4n) is 3.04. The second kappa shape index (κ2) is 7.76. The number of methoxy groups -OCH3 is 1. The van der Waals surface area contributed by atoms with E-state index in [4.69, 9.17) is 0 Å². The number of hydrogen-bond donors (Lipinski definition) is 1. The first-order valence-electron chi connectivity index (χ1n) is 9.11. The summed E-state index contributed by atoms with van der Waals surface area (Å²) in [4.78, 5) is 29.0. The molecule has 0 saturated heterocycles. The van der Waals surface area contributed by atoms with E-state index in [1.165, 1.54) is 13.3 Å². The molecule has 0 saturated carbocycles. The Kier molecular flexibility index (Phi) is 5.11. The Labute approximate surface area is 177 Å². The zero-order valence-electron chi connectivity index (χ0n) is 16.9. The summed E-state index contributed by atoms with van der Waals surface area (Å²) in [7, 11) is -2.35. The molecule has 0 aliphatic rings. The number of amides is 1. The number of pyridine rings is 2. The van der Waals surface area contributed by atoms with Gasteiger partial charge in [-0.1, -0.05) is 6.07 Å². The molecule has 4 heterocycles. The van der Waals surface area contributed by atoms with Gasteiger partial charge in [-0.15, -0.1) is 0 Å². The van der Waals surface area contributed by atoms with Gasteiger partial charge in [0, 0.05) is 24.3 Å². The summed E-state index contributed by atoms with van der Waals surface area (Å²) >= 11 is 0. The highest BCUT2D eigenvalue weighted by Crippen LogP contribution is 2.32. The Morgan fingerprint density at radius 1 is 1.06 bits per heavy atom. The topological polar surface area (TPSA) is 128 Å². The first-order chi connectivity index (χ1) is 14.8. The monoisotopic (exact) mass is 438 g/mol. The van der Waals surface area contributed by atoms with Crippen molar-refractivity contribution in [2.75, 3.05) is 18.7 Å². The van der Waals surface area contributed by atoms with Gasteiger partial charge in [-0.3, -0.25) is 14.7 Å². The van der Waals surface area contributed by atoms with Crippen LogP contribution in [0.2, 0.25) is 0 Å². The lowest BCUT2D eigenvalue weighted by Crippen LogP contribution is -2.11. The van der Waals surface area contributed by atoms with E-state index >= 15 is 0 Å². The van der Waals surface area contributed by atoms with Crippen molar-refractivity contribution in [2.24, 2.45) is 0 Å². The van der Waals surface area contributed by atoms with E-state index in [-0.39, 0.29) is 5.16 Å². The summed E-state index contributed by atoms with van der Waals surface area (Å²) in [5, 5.41) is 2.30. The van der Waals surface area contributed by atoms with E-state index in [0.717, 1.165) is 11.9 Å². The number of fused-ring (bicyclic) bond motifs is 1. The molecule has 0 aromatic carbocycles. The van der Waals surface area contributed by atoms with Crippen LogP contribution in [0.1, 0.15) is 5.69 Å². The zero-order valence-corrected chi connectivity index (χ0v) is 17.7. The predicted octanol–water partition coefficient (Wildman–Crippen LogP) is 2.74. The molecule has 4 aromatic heterocycles. The number of nitrogens with one attached hydrogen (secondary N) is 1. The molecule has 0 radical (unpaired) electrons. The van der Waals surface area contributed by atoms with Crippen molar-refractivity contribution in [3.63, 3.8) is 0 Å². The quantitative estimate of drug-likeness (QED) is 0.482. The van der Waals surface area contributed by atoms with Crippen LogP contribution in [0.25, 0.3) is 28.4 Å². The van der Waals surface area contributed by atoms with Gasteiger partial charge in [0.2, 0.25) is 15.0 Å². The third-order valence-electron chi connectivity index (χ3n) is 4.39. The van der Waals surface area contributed by atoms with Crippen LogP contribution >= 0.6 is 0 Å². The maximum atomic E-state index is 12.0. The Balaban J connectivity index is 2.00. The molecule has 0 aliphatic carbocycles. The van der Waals surface area contributed by atoms with Crippen LogP contribution in [0.15, 0.2) is 53.9 Å². The predicted molar refractivity (Wildman–Crippen MR) is 113 cm³/mol. The number of aromatic nitrogens is 5. The molecule has 11 heteroatoms. The minimum atomic E-state index is -3.62.